The number of carboxylic acid groups (broad SMARTS) is 1. The lowest BCUT2D eigenvalue weighted by Gasteiger charge is -2.69. The molecular weight excluding hydrogens is 1320 g/mol. The fraction of sp³-hybridized carbons (Fsp3) is 0.472. The topological polar surface area (TPSA) is 357 Å². The minimum absolute atomic E-state index is 0.0542. The average Bonchev–Trinajstić information content (AvgIpc) is 0.747. The SMILES string of the molecule is Cc1c(-c2ccc(N3CCc4cccc(C(=O)Nc5nc6ccccc6s5)c4C3)nc2C(=O)O)cnn1CC12CC3(C)CC(C)(C1)CC(OCCNC(=O)[C@H](CS(=O)(=O)O)NC(=O)OCc1ccc(NC(=O)[C@H](C)CC(=O)[C@@H](NC(=O)CCCCCN4C(=O)C=CC4=O)C(C)C)cc1)(C3)C2. The number of benzene rings is 3. The van der Waals surface area contributed by atoms with Crippen LogP contribution in [0.4, 0.5) is 21.4 Å². The third-order valence-corrected chi connectivity index (χ3v) is 21.5. The monoisotopic (exact) mass is 1410 g/mol. The summed E-state index contributed by atoms with van der Waals surface area (Å²) in [5.74, 6) is -5.88. The van der Waals surface area contributed by atoms with E-state index in [1.54, 1.807) is 63.4 Å². The number of nitrogens with one attached hydrogen (secondary N) is 5. The summed E-state index contributed by atoms with van der Waals surface area (Å²) in [6.07, 6.45) is 10.3. The number of thiazole rings is 1. The summed E-state index contributed by atoms with van der Waals surface area (Å²) in [7, 11) is -4.79. The Morgan fingerprint density at radius 1 is 0.790 bits per heavy atom. The normalized spacial score (nSPS) is 21.6. The van der Waals surface area contributed by atoms with Crippen LogP contribution < -0.4 is 31.5 Å². The van der Waals surface area contributed by atoms with Gasteiger partial charge in [-0.3, -0.25) is 53.0 Å². The number of fused-ring (bicyclic) bond motifs is 2. The highest BCUT2D eigenvalue weighted by atomic mass is 32.2. The van der Waals surface area contributed by atoms with Gasteiger partial charge in [-0.05, 0) is 146 Å². The summed E-state index contributed by atoms with van der Waals surface area (Å²) in [6.45, 7) is 13.1. The third kappa shape index (κ3) is 17.0. The summed E-state index contributed by atoms with van der Waals surface area (Å²) >= 11 is 1.40. The largest absolute Gasteiger partial charge is 0.476 e. The van der Waals surface area contributed by atoms with Crippen molar-refractivity contribution in [3.8, 4) is 11.1 Å². The van der Waals surface area contributed by atoms with E-state index >= 15 is 0 Å². The number of amides is 7. The molecule has 5 atom stereocenters. The molecule has 5 heterocycles. The summed E-state index contributed by atoms with van der Waals surface area (Å²) in [6, 6.07) is 20.6. The maximum Gasteiger partial charge on any atom is 0.408 e. The van der Waals surface area contributed by atoms with Gasteiger partial charge in [-0.25, -0.2) is 19.6 Å². The highest BCUT2D eigenvalue weighted by Gasteiger charge is 2.66. The minimum atomic E-state index is -4.79. The molecule has 2 unspecified atom stereocenters. The number of carbonyl (C=O) groups is 9. The molecule has 530 valence electrons. The molecule has 12 rings (SSSR count). The third-order valence-electron chi connectivity index (χ3n) is 19.8. The number of nitrogens with zero attached hydrogens (tertiary/aromatic N) is 6. The van der Waals surface area contributed by atoms with Crippen molar-refractivity contribution in [1.82, 2.24) is 40.6 Å². The van der Waals surface area contributed by atoms with Crippen molar-refractivity contribution in [2.45, 2.75) is 156 Å². The van der Waals surface area contributed by atoms with Gasteiger partial charge in [-0.2, -0.15) is 13.5 Å². The molecule has 7 amide bonds. The van der Waals surface area contributed by atoms with Gasteiger partial charge in [0.15, 0.2) is 16.6 Å². The standard InChI is InChI=1S/C72H85N11O15S2/c1-43(2)61(79-58(85)17-8-7-11-28-82-59(86)24-25-60(82)87)55(84)31-44(3)63(88)75-48-20-18-46(19-21-48)34-97-68(93)77-54(35-100(94,95)96)65(90)73-27-30-98-72-39-69(5)36-70(6,40-72)38-71(37-69,41-72)42-83-45(4)51(32-74-83)49-22-23-57(78-62(49)66(91)92)81-29-26-47-13-12-14-50(52(47)33-81)64(89)80-67-76-53-15-9-10-16-56(53)99-67/h9-10,12-16,18-25,32,43-44,54,61H,7-8,11,17,26-31,33-42H2,1-6H3,(H,73,90)(H,75,88)(H,77,93)(H,79,85)(H,91,92)(H,76,80,89)(H,94,95,96)/t44-,54+,61+,69?,70?,71?,72?/m1/s1. The summed E-state index contributed by atoms with van der Waals surface area (Å²) in [5.41, 5.74) is 4.70. The maximum atomic E-state index is 13.8. The number of pyridine rings is 1. The number of imide groups is 1. The van der Waals surface area contributed by atoms with E-state index in [-0.39, 0.29) is 96.4 Å². The number of ether oxygens (including phenoxy) is 2. The van der Waals surface area contributed by atoms with E-state index in [0.29, 0.717) is 90.6 Å². The number of hydrogen-bond acceptors (Lipinski definition) is 18. The van der Waals surface area contributed by atoms with Crippen LogP contribution in [-0.4, -0.2) is 146 Å². The van der Waals surface area contributed by atoms with Crippen LogP contribution in [0.3, 0.4) is 0 Å². The number of Topliss-reactive ketones (excluding diaryl/α,β-unsaturated/α-hetero) is 1. The van der Waals surface area contributed by atoms with Crippen LogP contribution in [0.5, 0.6) is 0 Å². The number of carboxylic acids is 1. The van der Waals surface area contributed by atoms with E-state index in [9.17, 15) is 61.2 Å². The van der Waals surface area contributed by atoms with Crippen molar-refractivity contribution in [1.29, 1.82) is 0 Å². The number of carbonyl (C=O) groups excluding carboxylic acids is 8. The second kappa shape index (κ2) is 29.5. The Bertz CT molecular complexity index is 4270. The first kappa shape index (κ1) is 72.0. The molecule has 0 radical (unpaired) electrons. The van der Waals surface area contributed by atoms with E-state index in [2.05, 4.69) is 45.4 Å². The van der Waals surface area contributed by atoms with Crippen molar-refractivity contribution in [3.05, 3.63) is 131 Å². The first-order valence-electron chi connectivity index (χ1n) is 33.8. The fourth-order valence-electron chi connectivity index (χ4n) is 16.4. The van der Waals surface area contributed by atoms with Gasteiger partial charge in [-0.15, -0.1) is 0 Å². The van der Waals surface area contributed by atoms with Crippen LogP contribution in [0.2, 0.25) is 0 Å². The van der Waals surface area contributed by atoms with Gasteiger partial charge in [0, 0.05) is 91.7 Å². The van der Waals surface area contributed by atoms with Crippen molar-refractivity contribution < 1.29 is 70.7 Å². The molecule has 28 heteroatoms. The lowest BCUT2D eigenvalue weighted by Crippen LogP contribution is -2.64. The van der Waals surface area contributed by atoms with Gasteiger partial charge in [0.05, 0.1) is 34.7 Å². The highest BCUT2D eigenvalue weighted by molar-refractivity contribution is 7.85. The van der Waals surface area contributed by atoms with E-state index < -0.39 is 63.4 Å². The second-order valence-electron chi connectivity index (χ2n) is 28.8. The van der Waals surface area contributed by atoms with Gasteiger partial charge >= 0.3 is 12.1 Å². The maximum absolute atomic E-state index is 13.8. The molecule has 26 nitrogen and oxygen atoms in total. The summed E-state index contributed by atoms with van der Waals surface area (Å²) in [5, 5.41) is 29.6. The molecule has 7 N–H and O–H groups in total. The molecular formula is C72H85N11O15S2. The lowest BCUT2D eigenvalue weighted by molar-refractivity contribution is -0.247. The Morgan fingerprint density at radius 3 is 2.22 bits per heavy atom. The predicted molar refractivity (Wildman–Crippen MR) is 372 cm³/mol. The van der Waals surface area contributed by atoms with Crippen LogP contribution in [-0.2, 0) is 74.5 Å². The van der Waals surface area contributed by atoms with Crippen LogP contribution in [0.25, 0.3) is 21.3 Å². The molecule has 3 aromatic carbocycles. The van der Waals surface area contributed by atoms with Crippen molar-refractivity contribution in [2.75, 3.05) is 47.5 Å². The van der Waals surface area contributed by atoms with Gasteiger partial charge in [0.1, 0.15) is 24.2 Å². The zero-order valence-corrected chi connectivity index (χ0v) is 58.5. The van der Waals surface area contributed by atoms with E-state index in [0.717, 1.165) is 64.0 Å². The van der Waals surface area contributed by atoms with Gasteiger partial charge < -0.3 is 40.7 Å². The number of rotatable bonds is 30. The minimum Gasteiger partial charge on any atom is -0.476 e. The molecule has 4 aliphatic carbocycles. The van der Waals surface area contributed by atoms with Gasteiger partial charge in [0.2, 0.25) is 17.7 Å². The fourth-order valence-corrected chi connectivity index (χ4v) is 18.0. The van der Waals surface area contributed by atoms with E-state index in [1.807, 2.05) is 59.0 Å². The van der Waals surface area contributed by atoms with E-state index in [1.165, 1.54) is 23.5 Å². The Hall–Kier alpha value is -9.25. The lowest BCUT2D eigenvalue weighted by atomic mass is 9.39. The summed E-state index contributed by atoms with van der Waals surface area (Å²) in [4.78, 5) is 129. The van der Waals surface area contributed by atoms with Crippen molar-refractivity contribution >= 4 is 102 Å². The molecule has 6 aliphatic rings. The first-order chi connectivity index (χ1) is 47.5. The Balaban J connectivity index is 0.649. The number of hydrogen-bond donors (Lipinski definition) is 7. The molecule has 6 aromatic rings. The second-order valence-corrected chi connectivity index (χ2v) is 31.3. The zero-order valence-electron chi connectivity index (χ0n) is 56.9. The molecule has 2 aliphatic heterocycles. The van der Waals surface area contributed by atoms with Gasteiger partial charge in [-0.1, -0.05) is 88.8 Å². The number of unbranched alkanes of at least 4 members (excludes halogenated alkanes) is 2. The smallest absolute Gasteiger partial charge is 0.408 e. The molecule has 3 aromatic heterocycles. The molecule has 4 saturated carbocycles. The highest BCUT2D eigenvalue weighted by Crippen LogP contribution is 2.72. The Kier molecular flexibility index (Phi) is 21.3. The number of aromatic nitrogens is 4. The molecule has 0 saturated heterocycles. The van der Waals surface area contributed by atoms with Gasteiger partial charge in [0.25, 0.3) is 27.8 Å². The number of ketones is 1. The zero-order chi connectivity index (χ0) is 71.5. The summed E-state index contributed by atoms with van der Waals surface area (Å²) < 4.78 is 49.2. The number of para-hydroxylation sites is 1. The Labute approximate surface area is 583 Å². The van der Waals surface area contributed by atoms with Crippen molar-refractivity contribution in [2.24, 2.45) is 28.1 Å². The van der Waals surface area contributed by atoms with Crippen LogP contribution >= 0.6 is 11.3 Å². The van der Waals surface area contributed by atoms with Crippen molar-refractivity contribution in [3.63, 3.8) is 0 Å². The first-order valence-corrected chi connectivity index (χ1v) is 36.2. The molecule has 4 fully saturated rings. The number of anilines is 3. The Morgan fingerprint density at radius 2 is 1.52 bits per heavy atom. The average molecular weight is 1410 g/mol. The molecule has 0 spiro atoms. The van der Waals surface area contributed by atoms with Crippen LogP contribution in [0, 0.1) is 35.0 Å². The predicted octanol–water partition coefficient (Wildman–Crippen LogP) is 8.97. The number of alkyl carbamates (subject to hydrolysis) is 1. The molecule has 4 bridgehead atoms. The van der Waals surface area contributed by atoms with Crippen LogP contribution in [0.15, 0.2) is 97.2 Å². The number of aromatic carboxylic acids is 1. The van der Waals surface area contributed by atoms with E-state index in [4.69, 9.17) is 19.6 Å². The quantitative estimate of drug-likeness (QED) is 0.0126. The van der Waals surface area contributed by atoms with Crippen LogP contribution in [0.1, 0.15) is 148 Å². The molecule has 100 heavy (non-hydrogen) atoms.